The van der Waals surface area contributed by atoms with Crippen LogP contribution in [-0.2, 0) is 20.1 Å². The Kier molecular flexibility index (Phi) is 5.75. The normalized spacial score (nSPS) is 13.5. The summed E-state index contributed by atoms with van der Waals surface area (Å²) in [6, 6.07) is 5.62. The van der Waals surface area contributed by atoms with Crippen molar-refractivity contribution in [3.63, 3.8) is 0 Å². The molecule has 0 spiro atoms. The molecule has 4 rings (SSSR count). The van der Waals surface area contributed by atoms with Crippen LogP contribution in [0.2, 0.25) is 0 Å². The van der Waals surface area contributed by atoms with Gasteiger partial charge >= 0.3 is 5.69 Å². The third kappa shape index (κ3) is 3.47. The molecule has 31 heavy (non-hydrogen) atoms. The lowest BCUT2D eigenvalue weighted by molar-refractivity contribution is 0.394. The van der Waals surface area contributed by atoms with Crippen LogP contribution in [0.1, 0.15) is 32.6 Å². The topological polar surface area (TPSA) is 83.5 Å². The molecular formula is C22H29N5O4. The van der Waals surface area contributed by atoms with Crippen LogP contribution in [0, 0.1) is 0 Å². The van der Waals surface area contributed by atoms with Crippen molar-refractivity contribution < 1.29 is 9.47 Å². The number of hydrogen-bond acceptors (Lipinski definition) is 6. The summed E-state index contributed by atoms with van der Waals surface area (Å²) < 4.78 is 15.7. The average molecular weight is 428 g/mol. The van der Waals surface area contributed by atoms with Gasteiger partial charge in [-0.1, -0.05) is 19.8 Å². The van der Waals surface area contributed by atoms with Gasteiger partial charge in [-0.05, 0) is 25.0 Å². The Morgan fingerprint density at radius 3 is 2.61 bits per heavy atom. The van der Waals surface area contributed by atoms with Crippen molar-refractivity contribution in [2.75, 3.05) is 25.7 Å². The minimum atomic E-state index is -0.322. The molecule has 0 radical (unpaired) electrons. The van der Waals surface area contributed by atoms with E-state index in [4.69, 9.17) is 14.5 Å². The lowest BCUT2D eigenvalue weighted by Crippen LogP contribution is -2.40. The van der Waals surface area contributed by atoms with E-state index in [0.717, 1.165) is 37.9 Å². The van der Waals surface area contributed by atoms with E-state index >= 15 is 0 Å². The number of benzene rings is 1. The summed E-state index contributed by atoms with van der Waals surface area (Å²) >= 11 is 0. The minimum Gasteiger partial charge on any atom is -0.497 e. The second kappa shape index (κ2) is 8.49. The van der Waals surface area contributed by atoms with E-state index in [-0.39, 0.29) is 11.2 Å². The van der Waals surface area contributed by atoms with Gasteiger partial charge in [0.05, 0.1) is 19.9 Å². The monoisotopic (exact) mass is 427 g/mol. The number of ether oxygens (including phenoxy) is 2. The first-order valence-corrected chi connectivity index (χ1v) is 10.7. The first-order chi connectivity index (χ1) is 15.0. The zero-order chi connectivity index (χ0) is 22.1. The number of aromatic nitrogens is 4. The van der Waals surface area contributed by atoms with Crippen LogP contribution < -0.4 is 25.6 Å². The zero-order valence-corrected chi connectivity index (χ0v) is 18.6. The van der Waals surface area contributed by atoms with Gasteiger partial charge in [0.2, 0.25) is 5.95 Å². The van der Waals surface area contributed by atoms with Crippen molar-refractivity contribution in [3.05, 3.63) is 39.0 Å². The van der Waals surface area contributed by atoms with Gasteiger partial charge in [-0.2, -0.15) is 4.98 Å². The third-order valence-corrected chi connectivity index (χ3v) is 5.88. The summed E-state index contributed by atoms with van der Waals surface area (Å²) in [7, 11) is 4.91. The van der Waals surface area contributed by atoms with Crippen LogP contribution in [0.5, 0.6) is 11.5 Å². The minimum absolute atomic E-state index is 0.267. The van der Waals surface area contributed by atoms with Crippen LogP contribution in [0.3, 0.4) is 0 Å². The van der Waals surface area contributed by atoms with Crippen LogP contribution in [0.25, 0.3) is 11.2 Å². The first-order valence-electron chi connectivity index (χ1n) is 10.7. The highest BCUT2D eigenvalue weighted by Gasteiger charge is 2.28. The van der Waals surface area contributed by atoms with Gasteiger partial charge in [-0.3, -0.25) is 13.9 Å². The zero-order valence-electron chi connectivity index (χ0n) is 18.6. The van der Waals surface area contributed by atoms with Crippen LogP contribution in [0.4, 0.5) is 11.6 Å². The smallest absolute Gasteiger partial charge is 0.332 e. The number of fused-ring (bicyclic) bond motifs is 3. The Labute approximate surface area is 180 Å². The number of imidazole rings is 1. The van der Waals surface area contributed by atoms with E-state index < -0.39 is 0 Å². The Balaban J connectivity index is 1.89. The first kappa shape index (κ1) is 21.0. The SMILES string of the molecule is CCCCCn1c(=O)c2c(nc3n2CCCN3c2ccc(OC)cc2OC)n(C)c1=O. The molecule has 0 atom stereocenters. The molecule has 0 saturated heterocycles. The summed E-state index contributed by atoms with van der Waals surface area (Å²) in [4.78, 5) is 32.9. The maximum Gasteiger partial charge on any atom is 0.332 e. The summed E-state index contributed by atoms with van der Waals surface area (Å²) in [5.74, 6) is 2.00. The molecule has 3 heterocycles. The molecule has 9 nitrogen and oxygen atoms in total. The number of methoxy groups -OCH3 is 2. The van der Waals surface area contributed by atoms with E-state index in [2.05, 4.69) is 6.92 Å². The lowest BCUT2D eigenvalue weighted by atomic mass is 10.2. The molecule has 0 unspecified atom stereocenters. The van der Waals surface area contributed by atoms with Crippen molar-refractivity contribution in [2.24, 2.45) is 7.05 Å². The van der Waals surface area contributed by atoms with Crippen LogP contribution >= 0.6 is 0 Å². The molecule has 0 saturated carbocycles. The van der Waals surface area contributed by atoms with Gasteiger partial charge in [-0.25, -0.2) is 4.79 Å². The van der Waals surface area contributed by atoms with Gasteiger partial charge in [0.15, 0.2) is 11.2 Å². The fourth-order valence-corrected chi connectivity index (χ4v) is 4.22. The van der Waals surface area contributed by atoms with Gasteiger partial charge in [0.25, 0.3) is 5.56 Å². The highest BCUT2D eigenvalue weighted by Crippen LogP contribution is 2.38. The molecule has 0 aliphatic carbocycles. The number of anilines is 2. The summed E-state index contributed by atoms with van der Waals surface area (Å²) in [6.45, 7) is 3.92. The molecule has 166 valence electrons. The Bertz CT molecular complexity index is 1220. The second-order valence-corrected chi connectivity index (χ2v) is 7.78. The van der Waals surface area contributed by atoms with Crippen molar-refractivity contribution >= 4 is 22.8 Å². The van der Waals surface area contributed by atoms with Crippen molar-refractivity contribution in [1.82, 2.24) is 18.7 Å². The molecule has 0 amide bonds. The maximum atomic E-state index is 13.3. The van der Waals surface area contributed by atoms with Crippen LogP contribution in [-0.4, -0.2) is 39.4 Å². The summed E-state index contributed by atoms with van der Waals surface area (Å²) in [6.07, 6.45) is 3.64. The summed E-state index contributed by atoms with van der Waals surface area (Å²) in [5.41, 5.74) is 1.14. The van der Waals surface area contributed by atoms with E-state index in [1.807, 2.05) is 27.7 Å². The lowest BCUT2D eigenvalue weighted by Gasteiger charge is -2.30. The fraction of sp³-hybridized carbons (Fsp3) is 0.500. The molecule has 0 N–H and O–H groups in total. The second-order valence-electron chi connectivity index (χ2n) is 7.78. The molecule has 1 aromatic carbocycles. The van der Waals surface area contributed by atoms with E-state index in [1.54, 1.807) is 21.3 Å². The molecule has 1 aliphatic heterocycles. The predicted molar refractivity (Wildman–Crippen MR) is 120 cm³/mol. The Hall–Kier alpha value is -3.23. The van der Waals surface area contributed by atoms with E-state index in [0.29, 0.717) is 41.7 Å². The van der Waals surface area contributed by atoms with Crippen molar-refractivity contribution in [3.8, 4) is 11.5 Å². The summed E-state index contributed by atoms with van der Waals surface area (Å²) in [5, 5.41) is 0. The average Bonchev–Trinajstić information content (AvgIpc) is 3.19. The molecule has 1 aliphatic rings. The molecule has 0 fully saturated rings. The molecule has 9 heteroatoms. The highest BCUT2D eigenvalue weighted by atomic mass is 16.5. The number of hydrogen-bond donors (Lipinski definition) is 0. The number of unbranched alkanes of at least 4 members (excludes halogenated alkanes) is 2. The number of rotatable bonds is 7. The van der Waals surface area contributed by atoms with E-state index in [9.17, 15) is 9.59 Å². The third-order valence-electron chi connectivity index (χ3n) is 5.88. The predicted octanol–water partition coefficient (Wildman–Crippen LogP) is 2.65. The van der Waals surface area contributed by atoms with Gasteiger partial charge in [-0.15, -0.1) is 0 Å². The molecule has 3 aromatic rings. The van der Waals surface area contributed by atoms with Crippen molar-refractivity contribution in [2.45, 2.75) is 45.7 Å². The number of nitrogens with zero attached hydrogens (tertiary/aromatic N) is 5. The fourth-order valence-electron chi connectivity index (χ4n) is 4.22. The van der Waals surface area contributed by atoms with Gasteiger partial charge < -0.3 is 18.9 Å². The Morgan fingerprint density at radius 2 is 1.90 bits per heavy atom. The molecule has 2 aromatic heterocycles. The standard InChI is InChI=1S/C22H29N5O4/c1-5-6-7-11-27-20(28)18-19(24(2)22(27)29)23-21-25(12-8-13-26(18)21)16-10-9-15(30-3)14-17(16)31-4/h9-10,14H,5-8,11-13H2,1-4H3. The maximum absolute atomic E-state index is 13.3. The largest absolute Gasteiger partial charge is 0.497 e. The van der Waals surface area contributed by atoms with E-state index in [1.165, 1.54) is 9.13 Å². The van der Waals surface area contributed by atoms with Crippen LogP contribution in [0.15, 0.2) is 27.8 Å². The number of aryl methyl sites for hydroxylation is 2. The van der Waals surface area contributed by atoms with Gasteiger partial charge in [0.1, 0.15) is 11.5 Å². The quantitative estimate of drug-likeness (QED) is 0.539. The molecule has 0 bridgehead atoms. The molecular weight excluding hydrogens is 398 g/mol. The van der Waals surface area contributed by atoms with Gasteiger partial charge in [0, 0.05) is 32.7 Å². The van der Waals surface area contributed by atoms with Crippen molar-refractivity contribution in [1.29, 1.82) is 0 Å². The Morgan fingerprint density at radius 1 is 1.10 bits per heavy atom. The highest BCUT2D eigenvalue weighted by molar-refractivity contribution is 5.78.